The zero-order valence-corrected chi connectivity index (χ0v) is 11.5. The number of allylic oxidation sites excluding steroid dienone is 1. The Morgan fingerprint density at radius 2 is 1.63 bits per heavy atom. The number of hydrogen-bond acceptors (Lipinski definition) is 3. The highest BCUT2D eigenvalue weighted by Gasteiger charge is 2.11. The topological polar surface area (TPSA) is 27.7 Å². The molecule has 3 nitrogen and oxygen atoms in total. The molecular weight excluding hydrogens is 240 g/mol. The van der Waals surface area contributed by atoms with Crippen LogP contribution >= 0.6 is 0 Å². The molecule has 0 aliphatic rings. The monoisotopic (exact) mass is 258 g/mol. The minimum Gasteiger partial charge on any atom is -0.496 e. The summed E-state index contributed by atoms with van der Waals surface area (Å²) in [5.74, 6) is 2.39. The van der Waals surface area contributed by atoms with E-state index < -0.39 is 0 Å². The fourth-order valence-electron chi connectivity index (χ4n) is 2.02. The molecule has 3 heteroatoms. The lowest BCUT2D eigenvalue weighted by molar-refractivity contribution is 0.365. The molecule has 0 fully saturated rings. The van der Waals surface area contributed by atoms with Crippen molar-refractivity contribution >= 4 is 10.8 Å². The van der Waals surface area contributed by atoms with Crippen molar-refractivity contribution in [3.8, 4) is 17.2 Å². The molecule has 0 radical (unpaired) electrons. The third-order valence-electron chi connectivity index (χ3n) is 2.93. The standard InChI is InChI=1S/C16H18O3/c1-4-5-11-19-13-9-10-15(18-3)16-12(13)7-6-8-14(16)17-2/h4-10H,11H2,1-3H3/b5-4+. The van der Waals surface area contributed by atoms with Crippen molar-refractivity contribution in [2.24, 2.45) is 0 Å². The highest BCUT2D eigenvalue weighted by molar-refractivity contribution is 5.97. The summed E-state index contributed by atoms with van der Waals surface area (Å²) < 4.78 is 16.6. The van der Waals surface area contributed by atoms with Gasteiger partial charge in [0.15, 0.2) is 0 Å². The molecule has 0 unspecified atom stereocenters. The summed E-state index contributed by atoms with van der Waals surface area (Å²) in [6.07, 6.45) is 3.93. The van der Waals surface area contributed by atoms with E-state index in [-0.39, 0.29) is 0 Å². The van der Waals surface area contributed by atoms with Gasteiger partial charge in [-0.3, -0.25) is 0 Å². The Kier molecular flexibility index (Phi) is 4.29. The zero-order valence-electron chi connectivity index (χ0n) is 11.5. The summed E-state index contributed by atoms with van der Waals surface area (Å²) in [7, 11) is 3.31. The van der Waals surface area contributed by atoms with Crippen molar-refractivity contribution in [2.45, 2.75) is 6.92 Å². The van der Waals surface area contributed by atoms with Crippen molar-refractivity contribution in [1.82, 2.24) is 0 Å². The average molecular weight is 258 g/mol. The van der Waals surface area contributed by atoms with Crippen LogP contribution in [-0.2, 0) is 0 Å². The maximum absolute atomic E-state index is 5.76. The maximum atomic E-state index is 5.76. The van der Waals surface area contributed by atoms with Gasteiger partial charge in [0.05, 0.1) is 19.6 Å². The van der Waals surface area contributed by atoms with Gasteiger partial charge in [-0.1, -0.05) is 24.3 Å². The number of benzene rings is 2. The molecule has 0 saturated carbocycles. The van der Waals surface area contributed by atoms with Crippen LogP contribution in [0, 0.1) is 0 Å². The van der Waals surface area contributed by atoms with Crippen LogP contribution in [0.15, 0.2) is 42.5 Å². The van der Waals surface area contributed by atoms with Gasteiger partial charge in [0, 0.05) is 5.39 Å². The van der Waals surface area contributed by atoms with Gasteiger partial charge in [-0.25, -0.2) is 0 Å². The Morgan fingerprint density at radius 3 is 2.32 bits per heavy atom. The van der Waals surface area contributed by atoms with E-state index in [9.17, 15) is 0 Å². The largest absolute Gasteiger partial charge is 0.496 e. The Balaban J connectivity index is 2.55. The number of fused-ring (bicyclic) bond motifs is 1. The molecule has 0 aliphatic carbocycles. The second-order valence-electron chi connectivity index (χ2n) is 4.03. The zero-order chi connectivity index (χ0) is 13.7. The maximum Gasteiger partial charge on any atom is 0.130 e. The smallest absolute Gasteiger partial charge is 0.130 e. The Morgan fingerprint density at radius 1 is 0.947 bits per heavy atom. The molecule has 19 heavy (non-hydrogen) atoms. The molecule has 2 aromatic rings. The van der Waals surface area contributed by atoms with E-state index in [0.29, 0.717) is 6.61 Å². The number of methoxy groups -OCH3 is 2. The highest BCUT2D eigenvalue weighted by atomic mass is 16.5. The number of hydrogen-bond donors (Lipinski definition) is 0. The Bertz CT molecular complexity index is 578. The van der Waals surface area contributed by atoms with Crippen LogP contribution in [0.1, 0.15) is 6.92 Å². The molecule has 0 aromatic heterocycles. The molecule has 0 bridgehead atoms. The van der Waals surface area contributed by atoms with Gasteiger partial charge in [0.1, 0.15) is 23.9 Å². The van der Waals surface area contributed by atoms with Gasteiger partial charge in [0.2, 0.25) is 0 Å². The van der Waals surface area contributed by atoms with Gasteiger partial charge in [-0.05, 0) is 25.1 Å². The summed E-state index contributed by atoms with van der Waals surface area (Å²) in [4.78, 5) is 0. The van der Waals surface area contributed by atoms with Crippen LogP contribution in [0.4, 0.5) is 0 Å². The first-order valence-corrected chi connectivity index (χ1v) is 6.19. The molecule has 0 saturated heterocycles. The predicted molar refractivity (Wildman–Crippen MR) is 77.4 cm³/mol. The van der Waals surface area contributed by atoms with Crippen molar-refractivity contribution in [3.63, 3.8) is 0 Å². The quantitative estimate of drug-likeness (QED) is 0.763. The molecule has 2 rings (SSSR count). The van der Waals surface area contributed by atoms with Crippen molar-refractivity contribution in [3.05, 3.63) is 42.5 Å². The normalized spacial score (nSPS) is 10.9. The first-order chi connectivity index (χ1) is 9.31. The van der Waals surface area contributed by atoms with Gasteiger partial charge in [-0.15, -0.1) is 0 Å². The molecule has 100 valence electrons. The van der Waals surface area contributed by atoms with Crippen LogP contribution in [0.25, 0.3) is 10.8 Å². The molecule has 0 heterocycles. The van der Waals surface area contributed by atoms with E-state index in [2.05, 4.69) is 0 Å². The Labute approximate surface area is 113 Å². The summed E-state index contributed by atoms with van der Waals surface area (Å²) in [5, 5.41) is 1.92. The predicted octanol–water partition coefficient (Wildman–Crippen LogP) is 3.81. The summed E-state index contributed by atoms with van der Waals surface area (Å²) in [5.41, 5.74) is 0. The van der Waals surface area contributed by atoms with E-state index in [4.69, 9.17) is 14.2 Å². The third-order valence-corrected chi connectivity index (χ3v) is 2.93. The van der Waals surface area contributed by atoms with Crippen LogP contribution < -0.4 is 14.2 Å². The van der Waals surface area contributed by atoms with Gasteiger partial charge >= 0.3 is 0 Å². The molecule has 0 amide bonds. The molecule has 0 spiro atoms. The van der Waals surface area contributed by atoms with Crippen molar-refractivity contribution < 1.29 is 14.2 Å². The van der Waals surface area contributed by atoms with E-state index in [1.54, 1.807) is 14.2 Å². The van der Waals surface area contributed by atoms with Crippen molar-refractivity contribution in [2.75, 3.05) is 20.8 Å². The lowest BCUT2D eigenvalue weighted by atomic mass is 10.1. The second kappa shape index (κ2) is 6.14. The van der Waals surface area contributed by atoms with Gasteiger partial charge in [-0.2, -0.15) is 0 Å². The van der Waals surface area contributed by atoms with E-state index >= 15 is 0 Å². The second-order valence-corrected chi connectivity index (χ2v) is 4.03. The first kappa shape index (κ1) is 13.3. The fourth-order valence-corrected chi connectivity index (χ4v) is 2.02. The Hall–Kier alpha value is -2.16. The van der Waals surface area contributed by atoms with E-state index in [1.165, 1.54) is 0 Å². The molecule has 0 aliphatic heterocycles. The summed E-state index contributed by atoms with van der Waals surface area (Å²) >= 11 is 0. The van der Waals surface area contributed by atoms with Crippen LogP contribution in [0.3, 0.4) is 0 Å². The van der Waals surface area contributed by atoms with Gasteiger partial charge < -0.3 is 14.2 Å². The number of ether oxygens (including phenoxy) is 3. The van der Waals surface area contributed by atoms with Gasteiger partial charge in [0.25, 0.3) is 0 Å². The van der Waals surface area contributed by atoms with E-state index in [0.717, 1.165) is 28.0 Å². The van der Waals surface area contributed by atoms with Crippen LogP contribution in [-0.4, -0.2) is 20.8 Å². The molecule has 0 N–H and O–H groups in total. The van der Waals surface area contributed by atoms with Crippen molar-refractivity contribution in [1.29, 1.82) is 0 Å². The third kappa shape index (κ3) is 2.65. The minimum atomic E-state index is 0.551. The lowest BCUT2D eigenvalue weighted by Crippen LogP contribution is -1.96. The summed E-state index contributed by atoms with van der Waals surface area (Å²) in [6.45, 7) is 2.52. The first-order valence-electron chi connectivity index (χ1n) is 6.19. The lowest BCUT2D eigenvalue weighted by Gasteiger charge is -2.13. The molecule has 0 atom stereocenters. The average Bonchev–Trinajstić information content (AvgIpc) is 2.47. The number of rotatable bonds is 5. The molecule has 2 aromatic carbocycles. The molecular formula is C16H18O3. The van der Waals surface area contributed by atoms with E-state index in [1.807, 2.05) is 49.4 Å². The minimum absolute atomic E-state index is 0.551. The van der Waals surface area contributed by atoms with Crippen LogP contribution in [0.5, 0.6) is 17.2 Å². The highest BCUT2D eigenvalue weighted by Crippen LogP contribution is 2.38. The van der Waals surface area contributed by atoms with Crippen LogP contribution in [0.2, 0.25) is 0 Å². The summed E-state index contributed by atoms with van der Waals surface area (Å²) in [6, 6.07) is 9.69. The fraction of sp³-hybridized carbons (Fsp3) is 0.250. The SMILES string of the molecule is C/C=C/COc1ccc(OC)c2c(OC)cccc12.